The Morgan fingerprint density at radius 1 is 1.08 bits per heavy atom. The Labute approximate surface area is 152 Å². The Balaban J connectivity index is 1.64. The fourth-order valence-electron chi connectivity index (χ4n) is 3.30. The maximum Gasteiger partial charge on any atom is 0.163 e. The van der Waals surface area contributed by atoms with E-state index < -0.39 is 0 Å². The van der Waals surface area contributed by atoms with Crippen LogP contribution in [0.3, 0.4) is 0 Å². The van der Waals surface area contributed by atoms with Gasteiger partial charge in [0.05, 0.1) is 11.4 Å². The SMILES string of the molecule is Brc1cncc(-c2nn(-c3ccc4c(c3)OCCO4)c3c2CCN3)c1. The summed E-state index contributed by atoms with van der Waals surface area (Å²) in [7, 11) is 0. The third kappa shape index (κ3) is 2.46. The molecule has 0 amide bonds. The molecule has 0 fully saturated rings. The van der Waals surface area contributed by atoms with Gasteiger partial charge in [0, 0.05) is 40.6 Å². The molecule has 1 aromatic carbocycles. The zero-order valence-electron chi connectivity index (χ0n) is 13.3. The van der Waals surface area contributed by atoms with Gasteiger partial charge in [-0.1, -0.05) is 0 Å². The highest BCUT2D eigenvalue weighted by Crippen LogP contribution is 2.37. The van der Waals surface area contributed by atoms with E-state index >= 15 is 0 Å². The van der Waals surface area contributed by atoms with Crippen molar-refractivity contribution < 1.29 is 9.47 Å². The van der Waals surface area contributed by atoms with E-state index in [4.69, 9.17) is 14.6 Å². The number of anilines is 1. The molecule has 4 heterocycles. The Kier molecular flexibility index (Phi) is 3.41. The van der Waals surface area contributed by atoms with Crippen molar-refractivity contribution in [2.45, 2.75) is 6.42 Å². The van der Waals surface area contributed by atoms with E-state index in [2.05, 4.69) is 26.2 Å². The van der Waals surface area contributed by atoms with Gasteiger partial charge in [0.2, 0.25) is 0 Å². The van der Waals surface area contributed by atoms with Crippen molar-refractivity contribution in [1.29, 1.82) is 0 Å². The Morgan fingerprint density at radius 2 is 1.96 bits per heavy atom. The van der Waals surface area contributed by atoms with Crippen LogP contribution >= 0.6 is 15.9 Å². The lowest BCUT2D eigenvalue weighted by atomic mass is 10.1. The van der Waals surface area contributed by atoms with Gasteiger partial charge in [-0.3, -0.25) is 4.98 Å². The predicted molar refractivity (Wildman–Crippen MR) is 97.7 cm³/mol. The van der Waals surface area contributed by atoms with Gasteiger partial charge in [0.1, 0.15) is 19.0 Å². The van der Waals surface area contributed by atoms with Crippen LogP contribution < -0.4 is 14.8 Å². The summed E-state index contributed by atoms with van der Waals surface area (Å²) in [5.74, 6) is 2.58. The van der Waals surface area contributed by atoms with E-state index in [1.54, 1.807) is 6.20 Å². The fourth-order valence-corrected chi connectivity index (χ4v) is 3.66. The molecule has 2 aliphatic rings. The van der Waals surface area contributed by atoms with E-state index in [9.17, 15) is 0 Å². The molecule has 0 saturated heterocycles. The number of hydrogen-bond acceptors (Lipinski definition) is 5. The highest BCUT2D eigenvalue weighted by molar-refractivity contribution is 9.10. The Bertz CT molecular complexity index is 970. The molecule has 3 aromatic rings. The van der Waals surface area contributed by atoms with Crippen LogP contribution in [0.5, 0.6) is 11.5 Å². The number of aromatic nitrogens is 3. The number of nitrogens with zero attached hydrogens (tertiary/aromatic N) is 3. The lowest BCUT2D eigenvalue weighted by Crippen LogP contribution is -2.15. The molecule has 25 heavy (non-hydrogen) atoms. The first kappa shape index (κ1) is 14.8. The van der Waals surface area contributed by atoms with Gasteiger partial charge >= 0.3 is 0 Å². The summed E-state index contributed by atoms with van der Waals surface area (Å²) in [5, 5.41) is 8.31. The van der Waals surface area contributed by atoms with Crippen molar-refractivity contribution in [3.8, 4) is 28.4 Å². The second-order valence-electron chi connectivity index (χ2n) is 5.98. The van der Waals surface area contributed by atoms with Crippen LogP contribution in [0, 0.1) is 0 Å². The monoisotopic (exact) mass is 398 g/mol. The molecule has 2 aromatic heterocycles. The molecular formula is C18H15BrN4O2. The summed E-state index contributed by atoms with van der Waals surface area (Å²) in [5.41, 5.74) is 4.13. The number of halogens is 1. The molecule has 126 valence electrons. The zero-order valence-corrected chi connectivity index (χ0v) is 14.9. The number of ether oxygens (including phenoxy) is 2. The minimum atomic E-state index is 0.570. The van der Waals surface area contributed by atoms with Crippen LogP contribution in [-0.4, -0.2) is 34.5 Å². The minimum absolute atomic E-state index is 0.570. The predicted octanol–water partition coefficient (Wildman–Crippen LogP) is 3.44. The van der Waals surface area contributed by atoms with Gasteiger partial charge < -0.3 is 14.8 Å². The molecule has 0 radical (unpaired) electrons. The second-order valence-corrected chi connectivity index (χ2v) is 6.90. The van der Waals surface area contributed by atoms with Crippen LogP contribution in [0.15, 0.2) is 41.1 Å². The third-order valence-electron chi connectivity index (χ3n) is 4.40. The number of rotatable bonds is 2. The lowest BCUT2D eigenvalue weighted by Gasteiger charge is -2.19. The number of nitrogens with one attached hydrogen (secondary N) is 1. The van der Waals surface area contributed by atoms with E-state index in [0.29, 0.717) is 13.2 Å². The smallest absolute Gasteiger partial charge is 0.163 e. The third-order valence-corrected chi connectivity index (χ3v) is 4.83. The number of fused-ring (bicyclic) bond motifs is 2. The molecule has 0 unspecified atom stereocenters. The van der Waals surface area contributed by atoms with Crippen molar-refractivity contribution in [3.63, 3.8) is 0 Å². The van der Waals surface area contributed by atoms with Crippen LogP contribution in [0.4, 0.5) is 5.82 Å². The molecule has 7 heteroatoms. The summed E-state index contributed by atoms with van der Waals surface area (Å²) >= 11 is 3.49. The first-order valence-electron chi connectivity index (χ1n) is 8.16. The van der Waals surface area contributed by atoms with Crippen molar-refractivity contribution >= 4 is 21.7 Å². The maximum absolute atomic E-state index is 5.71. The van der Waals surface area contributed by atoms with E-state index in [-0.39, 0.29) is 0 Å². The van der Waals surface area contributed by atoms with Crippen LogP contribution in [0.2, 0.25) is 0 Å². The quantitative estimate of drug-likeness (QED) is 0.716. The van der Waals surface area contributed by atoms with Crippen molar-refractivity contribution in [2.24, 2.45) is 0 Å². The Morgan fingerprint density at radius 3 is 2.84 bits per heavy atom. The summed E-state index contributed by atoms with van der Waals surface area (Å²) in [4.78, 5) is 4.27. The topological polar surface area (TPSA) is 61.2 Å². The largest absolute Gasteiger partial charge is 0.486 e. The normalized spacial score (nSPS) is 14.9. The number of pyridine rings is 1. The molecule has 1 N–H and O–H groups in total. The van der Waals surface area contributed by atoms with Gasteiger partial charge in [0.15, 0.2) is 11.5 Å². The number of benzene rings is 1. The first-order valence-corrected chi connectivity index (χ1v) is 8.95. The minimum Gasteiger partial charge on any atom is -0.486 e. The molecular weight excluding hydrogens is 384 g/mol. The van der Waals surface area contributed by atoms with E-state index in [1.807, 2.05) is 35.1 Å². The summed E-state index contributed by atoms with van der Waals surface area (Å²) in [6.07, 6.45) is 4.57. The molecule has 2 aliphatic heterocycles. The fraction of sp³-hybridized carbons (Fsp3) is 0.222. The van der Waals surface area contributed by atoms with Crippen molar-refractivity contribution in [3.05, 3.63) is 46.7 Å². The van der Waals surface area contributed by atoms with Gasteiger partial charge in [-0.2, -0.15) is 5.10 Å². The molecule has 0 saturated carbocycles. The molecule has 0 bridgehead atoms. The molecule has 0 atom stereocenters. The second kappa shape index (κ2) is 5.77. The molecule has 5 rings (SSSR count). The van der Waals surface area contributed by atoms with Crippen LogP contribution in [0.25, 0.3) is 16.9 Å². The van der Waals surface area contributed by atoms with Crippen molar-refractivity contribution in [2.75, 3.05) is 25.1 Å². The van der Waals surface area contributed by atoms with Gasteiger partial charge in [-0.05, 0) is 40.5 Å². The van der Waals surface area contributed by atoms with Crippen LogP contribution in [-0.2, 0) is 6.42 Å². The average Bonchev–Trinajstić information content (AvgIpc) is 3.24. The van der Waals surface area contributed by atoms with Crippen LogP contribution in [0.1, 0.15) is 5.56 Å². The maximum atomic E-state index is 5.71. The summed E-state index contributed by atoms with van der Waals surface area (Å²) in [6, 6.07) is 7.96. The summed E-state index contributed by atoms with van der Waals surface area (Å²) in [6.45, 7) is 2.07. The van der Waals surface area contributed by atoms with E-state index in [0.717, 1.165) is 51.7 Å². The van der Waals surface area contributed by atoms with Gasteiger partial charge in [-0.15, -0.1) is 0 Å². The number of hydrogen-bond donors (Lipinski definition) is 1. The summed E-state index contributed by atoms with van der Waals surface area (Å²) < 4.78 is 14.2. The van der Waals surface area contributed by atoms with Crippen molar-refractivity contribution in [1.82, 2.24) is 14.8 Å². The Hall–Kier alpha value is -2.54. The molecule has 0 spiro atoms. The molecule has 0 aliphatic carbocycles. The average molecular weight is 399 g/mol. The standard InChI is InChI=1S/C18H15BrN4O2/c19-12-7-11(9-20-10-12)17-14-3-4-21-18(14)23(22-17)13-1-2-15-16(8-13)25-6-5-24-15/h1-2,7-10,21H,3-6H2. The zero-order chi connectivity index (χ0) is 16.8. The highest BCUT2D eigenvalue weighted by Gasteiger charge is 2.25. The van der Waals surface area contributed by atoms with E-state index in [1.165, 1.54) is 5.56 Å². The highest BCUT2D eigenvalue weighted by atomic mass is 79.9. The van der Waals surface area contributed by atoms with Gasteiger partial charge in [0.25, 0.3) is 0 Å². The van der Waals surface area contributed by atoms with Gasteiger partial charge in [-0.25, -0.2) is 4.68 Å². The molecule has 6 nitrogen and oxygen atoms in total. The first-order chi connectivity index (χ1) is 12.3. The lowest BCUT2D eigenvalue weighted by molar-refractivity contribution is 0.171.